The number of rotatable bonds is 6. The quantitative estimate of drug-likeness (QED) is 0.701. The van der Waals surface area contributed by atoms with Gasteiger partial charge in [0.2, 0.25) is 0 Å². The van der Waals surface area contributed by atoms with Crippen molar-refractivity contribution in [2.75, 3.05) is 17.2 Å². The average molecular weight is 365 g/mol. The van der Waals surface area contributed by atoms with Gasteiger partial charge in [-0.25, -0.2) is 4.39 Å². The molecule has 0 aliphatic heterocycles. The molecule has 2 amide bonds. The molecule has 2 aromatic carbocycles. The predicted octanol–water partition coefficient (Wildman–Crippen LogP) is 3.49. The van der Waals surface area contributed by atoms with Crippen LogP contribution >= 0.6 is 0 Å². The number of aromatic nitrogens is 1. The van der Waals surface area contributed by atoms with E-state index >= 15 is 0 Å². The SMILES string of the molecule is O=C(COc1ccccc1C(=O)Nc1cccnc1)Nc1ccccc1F. The van der Waals surface area contributed by atoms with E-state index in [-0.39, 0.29) is 23.6 Å². The van der Waals surface area contributed by atoms with Crippen molar-refractivity contribution in [3.8, 4) is 5.75 Å². The third kappa shape index (κ3) is 4.88. The molecule has 0 atom stereocenters. The molecule has 3 rings (SSSR count). The average Bonchev–Trinajstić information content (AvgIpc) is 2.69. The molecule has 3 aromatic rings. The summed E-state index contributed by atoms with van der Waals surface area (Å²) >= 11 is 0. The van der Waals surface area contributed by atoms with Gasteiger partial charge in [-0.1, -0.05) is 24.3 Å². The number of carbonyl (C=O) groups excluding carboxylic acids is 2. The zero-order chi connectivity index (χ0) is 19.1. The van der Waals surface area contributed by atoms with Gasteiger partial charge >= 0.3 is 0 Å². The van der Waals surface area contributed by atoms with Crippen LogP contribution in [0, 0.1) is 5.82 Å². The summed E-state index contributed by atoms with van der Waals surface area (Å²) in [4.78, 5) is 28.4. The number of para-hydroxylation sites is 2. The highest BCUT2D eigenvalue weighted by Gasteiger charge is 2.14. The Hall–Kier alpha value is -3.74. The van der Waals surface area contributed by atoms with Crippen molar-refractivity contribution >= 4 is 23.2 Å². The number of pyridine rings is 1. The summed E-state index contributed by atoms with van der Waals surface area (Å²) in [7, 11) is 0. The summed E-state index contributed by atoms with van der Waals surface area (Å²) in [6.45, 7) is -0.370. The molecule has 0 radical (unpaired) electrons. The van der Waals surface area contributed by atoms with Crippen LogP contribution in [0.15, 0.2) is 73.1 Å². The van der Waals surface area contributed by atoms with E-state index in [0.29, 0.717) is 5.69 Å². The van der Waals surface area contributed by atoms with Crippen LogP contribution < -0.4 is 15.4 Å². The van der Waals surface area contributed by atoms with Crippen LogP contribution in [0.4, 0.5) is 15.8 Å². The van der Waals surface area contributed by atoms with Crippen molar-refractivity contribution in [2.45, 2.75) is 0 Å². The third-order valence-corrected chi connectivity index (χ3v) is 3.56. The lowest BCUT2D eigenvalue weighted by molar-refractivity contribution is -0.118. The summed E-state index contributed by atoms with van der Waals surface area (Å²) in [5, 5.41) is 5.12. The molecule has 6 nitrogen and oxygen atoms in total. The minimum absolute atomic E-state index is 0.0636. The van der Waals surface area contributed by atoms with E-state index in [9.17, 15) is 14.0 Å². The molecule has 0 unspecified atom stereocenters. The second-order valence-electron chi connectivity index (χ2n) is 5.51. The standard InChI is InChI=1S/C20H16FN3O3/c21-16-8-2-3-9-17(16)24-19(25)13-27-18-10-4-1-7-15(18)20(26)23-14-6-5-11-22-12-14/h1-12H,13H2,(H,23,26)(H,24,25). The normalized spacial score (nSPS) is 10.1. The monoisotopic (exact) mass is 365 g/mol. The zero-order valence-corrected chi connectivity index (χ0v) is 14.2. The molecule has 0 saturated carbocycles. The van der Waals surface area contributed by atoms with E-state index in [0.717, 1.165) is 0 Å². The number of hydrogen-bond acceptors (Lipinski definition) is 4. The molecular weight excluding hydrogens is 349 g/mol. The van der Waals surface area contributed by atoms with Crippen LogP contribution in [0.2, 0.25) is 0 Å². The van der Waals surface area contributed by atoms with Crippen molar-refractivity contribution in [3.05, 3.63) is 84.4 Å². The molecular formula is C20H16FN3O3. The van der Waals surface area contributed by atoms with E-state index < -0.39 is 17.6 Å². The Kier molecular flexibility index (Phi) is 5.73. The summed E-state index contributed by atoms with van der Waals surface area (Å²) in [6.07, 6.45) is 3.12. The van der Waals surface area contributed by atoms with Crippen molar-refractivity contribution < 1.29 is 18.7 Å². The maximum absolute atomic E-state index is 13.6. The molecule has 1 aromatic heterocycles. The Morgan fingerprint density at radius 3 is 2.52 bits per heavy atom. The number of carbonyl (C=O) groups is 2. The molecule has 0 saturated heterocycles. The van der Waals surface area contributed by atoms with E-state index in [1.165, 1.54) is 24.4 Å². The maximum Gasteiger partial charge on any atom is 0.262 e. The molecule has 136 valence electrons. The minimum atomic E-state index is -0.540. The molecule has 27 heavy (non-hydrogen) atoms. The highest BCUT2D eigenvalue weighted by Crippen LogP contribution is 2.20. The van der Waals surface area contributed by atoms with E-state index in [2.05, 4.69) is 15.6 Å². The number of hydrogen-bond donors (Lipinski definition) is 2. The Balaban J connectivity index is 1.64. The van der Waals surface area contributed by atoms with Gasteiger partial charge in [-0.05, 0) is 36.4 Å². The second-order valence-corrected chi connectivity index (χ2v) is 5.51. The first-order valence-electron chi connectivity index (χ1n) is 8.11. The first kappa shape index (κ1) is 18.1. The van der Waals surface area contributed by atoms with Crippen LogP contribution in [-0.4, -0.2) is 23.4 Å². The van der Waals surface area contributed by atoms with Gasteiger partial charge in [-0.2, -0.15) is 0 Å². The Labute approximate surface area is 155 Å². The number of ether oxygens (including phenoxy) is 1. The number of benzene rings is 2. The van der Waals surface area contributed by atoms with Gasteiger partial charge in [0.05, 0.1) is 23.1 Å². The molecule has 0 spiro atoms. The van der Waals surface area contributed by atoms with Crippen LogP contribution in [-0.2, 0) is 4.79 Å². The molecule has 1 heterocycles. The Morgan fingerprint density at radius 1 is 0.963 bits per heavy atom. The van der Waals surface area contributed by atoms with Gasteiger partial charge in [0.25, 0.3) is 11.8 Å². The van der Waals surface area contributed by atoms with Gasteiger partial charge in [-0.3, -0.25) is 14.6 Å². The van der Waals surface area contributed by atoms with Crippen molar-refractivity contribution in [3.63, 3.8) is 0 Å². The lowest BCUT2D eigenvalue weighted by atomic mass is 10.2. The summed E-state index contributed by atoms with van der Waals surface area (Å²) in [5.74, 6) is -1.24. The number of halogens is 1. The van der Waals surface area contributed by atoms with Crippen molar-refractivity contribution in [1.29, 1.82) is 0 Å². The fraction of sp³-hybridized carbons (Fsp3) is 0.0500. The Bertz CT molecular complexity index is 948. The maximum atomic E-state index is 13.6. The van der Waals surface area contributed by atoms with Gasteiger partial charge < -0.3 is 15.4 Å². The second kappa shape index (κ2) is 8.57. The molecule has 0 aliphatic carbocycles. The van der Waals surface area contributed by atoms with E-state index in [4.69, 9.17) is 4.74 Å². The molecule has 2 N–H and O–H groups in total. The lowest BCUT2D eigenvalue weighted by Crippen LogP contribution is -2.22. The summed E-state index contributed by atoms with van der Waals surface area (Å²) in [5.41, 5.74) is 0.864. The molecule has 0 bridgehead atoms. The fourth-order valence-corrected chi connectivity index (χ4v) is 2.31. The highest BCUT2D eigenvalue weighted by atomic mass is 19.1. The fourth-order valence-electron chi connectivity index (χ4n) is 2.31. The van der Waals surface area contributed by atoms with Crippen LogP contribution in [0.1, 0.15) is 10.4 Å². The van der Waals surface area contributed by atoms with Crippen molar-refractivity contribution in [1.82, 2.24) is 4.98 Å². The number of amides is 2. The van der Waals surface area contributed by atoms with Gasteiger partial charge in [0.1, 0.15) is 11.6 Å². The Morgan fingerprint density at radius 2 is 1.74 bits per heavy atom. The van der Waals surface area contributed by atoms with Crippen LogP contribution in [0.3, 0.4) is 0 Å². The molecule has 0 aliphatic rings. The molecule has 7 heteroatoms. The largest absolute Gasteiger partial charge is 0.483 e. The first-order valence-corrected chi connectivity index (χ1v) is 8.11. The third-order valence-electron chi connectivity index (χ3n) is 3.56. The summed E-state index contributed by atoms with van der Waals surface area (Å²) < 4.78 is 19.0. The number of nitrogens with zero attached hydrogens (tertiary/aromatic N) is 1. The number of anilines is 2. The van der Waals surface area contributed by atoms with E-state index in [1.807, 2.05) is 0 Å². The van der Waals surface area contributed by atoms with Crippen molar-refractivity contribution in [2.24, 2.45) is 0 Å². The lowest BCUT2D eigenvalue weighted by Gasteiger charge is -2.12. The molecule has 0 fully saturated rings. The minimum Gasteiger partial charge on any atom is -0.483 e. The van der Waals surface area contributed by atoms with Crippen LogP contribution in [0.25, 0.3) is 0 Å². The first-order chi connectivity index (χ1) is 13.1. The smallest absolute Gasteiger partial charge is 0.262 e. The van der Waals surface area contributed by atoms with Gasteiger partial charge in [0, 0.05) is 6.20 Å². The topological polar surface area (TPSA) is 80.3 Å². The van der Waals surface area contributed by atoms with E-state index in [1.54, 1.807) is 48.7 Å². The predicted molar refractivity (Wildman–Crippen MR) is 99.2 cm³/mol. The van der Waals surface area contributed by atoms with Gasteiger partial charge in [0.15, 0.2) is 6.61 Å². The highest BCUT2D eigenvalue weighted by molar-refractivity contribution is 6.06. The van der Waals surface area contributed by atoms with Crippen LogP contribution in [0.5, 0.6) is 5.75 Å². The van der Waals surface area contributed by atoms with Gasteiger partial charge in [-0.15, -0.1) is 0 Å². The number of nitrogens with one attached hydrogen (secondary N) is 2. The summed E-state index contributed by atoms with van der Waals surface area (Å²) in [6, 6.07) is 15.8. The zero-order valence-electron chi connectivity index (χ0n) is 14.2.